The molecule has 0 aliphatic heterocycles. The molecule has 0 amide bonds. The van der Waals surface area contributed by atoms with Crippen LogP contribution in [0.15, 0.2) is 18.2 Å². The Morgan fingerprint density at radius 3 is 2.31 bits per heavy atom. The van der Waals surface area contributed by atoms with Crippen LogP contribution in [0.3, 0.4) is 0 Å². The largest absolute Gasteiger partial charge is 0.252 e. The van der Waals surface area contributed by atoms with Gasteiger partial charge in [0, 0.05) is 5.56 Å². The minimum absolute atomic E-state index is 0.0187. The van der Waals surface area contributed by atoms with Crippen molar-refractivity contribution in [2.24, 2.45) is 0 Å². The lowest BCUT2D eigenvalue weighted by atomic mass is 10.00. The number of benzene rings is 1. The van der Waals surface area contributed by atoms with Crippen LogP contribution in [-0.2, 0) is 4.89 Å². The van der Waals surface area contributed by atoms with E-state index in [-0.39, 0.29) is 18.1 Å². The van der Waals surface area contributed by atoms with Crippen LogP contribution < -0.4 is 0 Å². The SMILES string of the molecule is CC(C)c1c(F)cc(/C=C/COO)cc1F. The summed E-state index contributed by atoms with van der Waals surface area (Å²) in [5, 5.41) is 8.07. The average Bonchev–Trinajstić information content (AvgIpc) is 2.16. The van der Waals surface area contributed by atoms with Gasteiger partial charge in [-0.3, -0.25) is 5.26 Å². The molecular weight excluding hydrogens is 214 g/mol. The predicted molar refractivity (Wildman–Crippen MR) is 58.1 cm³/mol. The molecule has 0 radical (unpaired) electrons. The van der Waals surface area contributed by atoms with Crippen LogP contribution in [0.25, 0.3) is 6.08 Å². The average molecular weight is 228 g/mol. The maximum atomic E-state index is 13.5. The number of halogens is 2. The first-order valence-corrected chi connectivity index (χ1v) is 4.98. The molecule has 0 saturated carbocycles. The van der Waals surface area contributed by atoms with E-state index in [1.165, 1.54) is 24.3 Å². The fraction of sp³-hybridized carbons (Fsp3) is 0.333. The highest BCUT2D eigenvalue weighted by atomic mass is 19.1. The van der Waals surface area contributed by atoms with E-state index >= 15 is 0 Å². The van der Waals surface area contributed by atoms with Crippen LogP contribution >= 0.6 is 0 Å². The van der Waals surface area contributed by atoms with Crippen molar-refractivity contribution in [1.82, 2.24) is 0 Å². The van der Waals surface area contributed by atoms with Gasteiger partial charge in [0.05, 0.1) is 0 Å². The van der Waals surface area contributed by atoms with Gasteiger partial charge in [-0.1, -0.05) is 26.0 Å². The first kappa shape index (κ1) is 12.8. The molecule has 4 heteroatoms. The van der Waals surface area contributed by atoms with Crippen LogP contribution in [0.1, 0.15) is 30.9 Å². The Morgan fingerprint density at radius 1 is 1.31 bits per heavy atom. The van der Waals surface area contributed by atoms with E-state index in [1.54, 1.807) is 13.8 Å². The molecule has 0 heterocycles. The van der Waals surface area contributed by atoms with Gasteiger partial charge >= 0.3 is 0 Å². The summed E-state index contributed by atoms with van der Waals surface area (Å²) in [6.07, 6.45) is 2.94. The minimum atomic E-state index is -0.556. The zero-order valence-corrected chi connectivity index (χ0v) is 9.21. The second kappa shape index (κ2) is 5.72. The summed E-state index contributed by atoms with van der Waals surface area (Å²) in [4.78, 5) is 3.81. The van der Waals surface area contributed by atoms with E-state index in [9.17, 15) is 8.78 Å². The smallest absolute Gasteiger partial charge is 0.130 e. The second-order valence-corrected chi connectivity index (χ2v) is 3.75. The predicted octanol–water partition coefficient (Wildman–Crippen LogP) is 3.59. The van der Waals surface area contributed by atoms with Gasteiger partial charge in [-0.15, -0.1) is 0 Å². The van der Waals surface area contributed by atoms with Crippen molar-refractivity contribution in [3.63, 3.8) is 0 Å². The third kappa shape index (κ3) is 3.12. The summed E-state index contributed by atoms with van der Waals surface area (Å²) in [5.41, 5.74) is 0.493. The fourth-order valence-electron chi connectivity index (χ4n) is 1.48. The molecule has 0 spiro atoms. The topological polar surface area (TPSA) is 29.5 Å². The summed E-state index contributed by atoms with van der Waals surface area (Å²) in [6, 6.07) is 2.51. The highest BCUT2D eigenvalue weighted by molar-refractivity contribution is 5.50. The molecule has 0 aromatic heterocycles. The normalized spacial score (nSPS) is 11.6. The molecule has 1 N–H and O–H groups in total. The van der Waals surface area contributed by atoms with Crippen LogP contribution in [-0.4, -0.2) is 11.9 Å². The van der Waals surface area contributed by atoms with Crippen molar-refractivity contribution in [2.75, 3.05) is 6.61 Å². The number of hydrogen-bond donors (Lipinski definition) is 1. The van der Waals surface area contributed by atoms with Crippen molar-refractivity contribution < 1.29 is 18.9 Å². The van der Waals surface area contributed by atoms with Crippen molar-refractivity contribution in [3.8, 4) is 0 Å². The van der Waals surface area contributed by atoms with Crippen molar-refractivity contribution in [3.05, 3.63) is 41.0 Å². The highest BCUT2D eigenvalue weighted by Gasteiger charge is 2.13. The molecule has 2 nitrogen and oxygen atoms in total. The third-order valence-corrected chi connectivity index (χ3v) is 2.16. The third-order valence-electron chi connectivity index (χ3n) is 2.16. The lowest BCUT2D eigenvalue weighted by Crippen LogP contribution is -1.98. The summed E-state index contributed by atoms with van der Waals surface area (Å²) in [5.74, 6) is -1.31. The summed E-state index contributed by atoms with van der Waals surface area (Å²) < 4.78 is 27.0. The van der Waals surface area contributed by atoms with Gasteiger partial charge in [-0.05, 0) is 23.6 Å². The van der Waals surface area contributed by atoms with E-state index in [0.717, 1.165) is 0 Å². The molecule has 16 heavy (non-hydrogen) atoms. The molecule has 88 valence electrons. The summed E-state index contributed by atoms with van der Waals surface area (Å²) in [6.45, 7) is 3.45. The van der Waals surface area contributed by atoms with Gasteiger partial charge in [0.1, 0.15) is 18.2 Å². The van der Waals surface area contributed by atoms with Crippen LogP contribution in [0.4, 0.5) is 8.78 Å². The van der Waals surface area contributed by atoms with Crippen molar-refractivity contribution in [1.29, 1.82) is 0 Å². The van der Waals surface area contributed by atoms with E-state index in [4.69, 9.17) is 5.26 Å². The summed E-state index contributed by atoms with van der Waals surface area (Å²) in [7, 11) is 0. The van der Waals surface area contributed by atoms with Gasteiger partial charge in [-0.2, -0.15) is 0 Å². The standard InChI is InChI=1S/C12H14F2O2/c1-8(2)12-10(13)6-9(7-11(12)14)4-3-5-16-15/h3-4,6-8,15H,5H2,1-2H3/b4-3+. The van der Waals surface area contributed by atoms with Crippen molar-refractivity contribution >= 4 is 6.08 Å². The molecule has 0 aliphatic carbocycles. The Labute approximate surface area is 93.1 Å². The monoisotopic (exact) mass is 228 g/mol. The molecule has 0 aliphatic rings. The Balaban J connectivity index is 3.00. The second-order valence-electron chi connectivity index (χ2n) is 3.75. The number of hydrogen-bond acceptors (Lipinski definition) is 2. The van der Waals surface area contributed by atoms with Crippen molar-refractivity contribution in [2.45, 2.75) is 19.8 Å². The maximum absolute atomic E-state index is 13.5. The molecule has 1 aromatic carbocycles. The molecular formula is C12H14F2O2. The molecule has 0 unspecified atom stereocenters. The molecule has 0 fully saturated rings. The Bertz CT molecular complexity index is 364. The van der Waals surface area contributed by atoms with E-state index in [1.807, 2.05) is 0 Å². The van der Waals surface area contributed by atoms with Gasteiger partial charge in [-0.25, -0.2) is 13.7 Å². The zero-order valence-electron chi connectivity index (χ0n) is 9.21. The highest BCUT2D eigenvalue weighted by Crippen LogP contribution is 2.23. The first-order chi connectivity index (χ1) is 7.56. The lowest BCUT2D eigenvalue weighted by molar-refractivity contribution is -0.231. The van der Waals surface area contributed by atoms with E-state index in [2.05, 4.69) is 4.89 Å². The number of rotatable bonds is 4. The molecule has 0 atom stereocenters. The lowest BCUT2D eigenvalue weighted by Gasteiger charge is -2.09. The quantitative estimate of drug-likeness (QED) is 0.630. The van der Waals surface area contributed by atoms with Gasteiger partial charge in [0.25, 0.3) is 0 Å². The fourth-order valence-corrected chi connectivity index (χ4v) is 1.48. The molecule has 1 rings (SSSR count). The van der Waals surface area contributed by atoms with Crippen LogP contribution in [0.5, 0.6) is 0 Å². The Kier molecular flexibility index (Phi) is 4.58. The Morgan fingerprint density at radius 2 is 1.88 bits per heavy atom. The summed E-state index contributed by atoms with van der Waals surface area (Å²) >= 11 is 0. The zero-order chi connectivity index (χ0) is 12.1. The van der Waals surface area contributed by atoms with E-state index < -0.39 is 11.6 Å². The molecule has 0 bridgehead atoms. The maximum Gasteiger partial charge on any atom is 0.130 e. The first-order valence-electron chi connectivity index (χ1n) is 4.98. The molecule has 1 aromatic rings. The van der Waals surface area contributed by atoms with Gasteiger partial charge < -0.3 is 0 Å². The van der Waals surface area contributed by atoms with Crippen LogP contribution in [0, 0.1) is 11.6 Å². The minimum Gasteiger partial charge on any atom is -0.252 e. The van der Waals surface area contributed by atoms with Gasteiger partial charge in [0.15, 0.2) is 0 Å². The van der Waals surface area contributed by atoms with Gasteiger partial charge in [0.2, 0.25) is 0 Å². The molecule has 0 saturated heterocycles. The Hall–Kier alpha value is -1.26. The van der Waals surface area contributed by atoms with E-state index in [0.29, 0.717) is 5.56 Å². The van der Waals surface area contributed by atoms with Crippen LogP contribution in [0.2, 0.25) is 0 Å².